The molecule has 158 valence electrons. The van der Waals surface area contributed by atoms with Crippen molar-refractivity contribution in [2.45, 2.75) is 33.7 Å². The molecule has 0 saturated carbocycles. The lowest BCUT2D eigenvalue weighted by atomic mass is 9.97. The topological polar surface area (TPSA) is 86.8 Å². The number of benzene rings is 1. The molecule has 0 atom stereocenters. The second kappa shape index (κ2) is 9.17. The minimum atomic E-state index is -0.204. The highest BCUT2D eigenvalue weighted by Gasteiger charge is 2.29. The summed E-state index contributed by atoms with van der Waals surface area (Å²) in [6.45, 7) is 6.25. The molecule has 1 aromatic carbocycles. The smallest absolute Gasteiger partial charge is 0.256 e. The van der Waals surface area contributed by atoms with Gasteiger partial charge in [-0.3, -0.25) is 9.59 Å². The molecule has 0 spiro atoms. The summed E-state index contributed by atoms with van der Waals surface area (Å²) in [5.41, 5.74) is 6.03. The molecule has 8 heteroatoms. The number of allylic oxidation sites excluding steroid dienone is 2. The molecule has 2 N–H and O–H groups in total. The highest BCUT2D eigenvalue weighted by Crippen LogP contribution is 2.35. The molecule has 1 aliphatic rings. The molecule has 0 unspecified atom stereocenters. The van der Waals surface area contributed by atoms with Gasteiger partial charge in [0.25, 0.3) is 11.5 Å². The number of hydrogen-bond donors (Lipinski definition) is 2. The predicted molar refractivity (Wildman–Crippen MR) is 118 cm³/mol. The Morgan fingerprint density at radius 2 is 2.13 bits per heavy atom. The third-order valence-electron chi connectivity index (χ3n) is 4.97. The minimum Gasteiger partial charge on any atom is -0.460 e. The third kappa shape index (κ3) is 4.57. The number of nitrogens with zero attached hydrogens (tertiary/aromatic N) is 2. The van der Waals surface area contributed by atoms with E-state index in [0.29, 0.717) is 35.6 Å². The van der Waals surface area contributed by atoms with E-state index in [-0.39, 0.29) is 23.0 Å². The first-order valence-electron chi connectivity index (χ1n) is 9.66. The van der Waals surface area contributed by atoms with E-state index >= 15 is 0 Å². The van der Waals surface area contributed by atoms with Gasteiger partial charge in [0.15, 0.2) is 0 Å². The van der Waals surface area contributed by atoms with Crippen molar-refractivity contribution in [1.82, 2.24) is 15.3 Å². The first-order valence-corrected chi connectivity index (χ1v) is 10.0. The van der Waals surface area contributed by atoms with Gasteiger partial charge in [0, 0.05) is 24.8 Å². The van der Waals surface area contributed by atoms with Crippen LogP contribution in [0.4, 0.5) is 0 Å². The van der Waals surface area contributed by atoms with Crippen LogP contribution in [0.1, 0.15) is 39.7 Å². The van der Waals surface area contributed by atoms with E-state index in [1.54, 1.807) is 37.2 Å². The number of rotatable bonds is 6. The number of ether oxygens (including phenoxy) is 1. The fourth-order valence-electron chi connectivity index (χ4n) is 3.47. The number of amides is 1. The van der Waals surface area contributed by atoms with Gasteiger partial charge in [0.2, 0.25) is 0 Å². The largest absolute Gasteiger partial charge is 0.460 e. The van der Waals surface area contributed by atoms with Gasteiger partial charge in [-0.05, 0) is 56.5 Å². The summed E-state index contributed by atoms with van der Waals surface area (Å²) in [6, 6.07) is 5.54. The second-order valence-electron chi connectivity index (χ2n) is 7.21. The Morgan fingerprint density at radius 1 is 1.37 bits per heavy atom. The van der Waals surface area contributed by atoms with E-state index in [9.17, 15) is 9.59 Å². The van der Waals surface area contributed by atoms with Crippen LogP contribution in [-0.2, 0) is 13.0 Å². The summed E-state index contributed by atoms with van der Waals surface area (Å²) >= 11 is 6.56. The zero-order chi connectivity index (χ0) is 21.8. The molecule has 0 saturated heterocycles. The van der Waals surface area contributed by atoms with Gasteiger partial charge in [-0.25, -0.2) is 0 Å². The first-order chi connectivity index (χ1) is 14.3. The molecule has 2 heterocycles. The van der Waals surface area contributed by atoms with Crippen LogP contribution in [0.5, 0.6) is 5.75 Å². The van der Waals surface area contributed by atoms with Crippen LogP contribution in [0.3, 0.4) is 0 Å². The Hall–Kier alpha value is -3.06. The summed E-state index contributed by atoms with van der Waals surface area (Å²) in [6.07, 6.45) is 3.91. The van der Waals surface area contributed by atoms with Crippen LogP contribution in [-0.4, -0.2) is 35.6 Å². The molecule has 0 radical (unpaired) electrons. The minimum absolute atomic E-state index is 0.168. The molecule has 30 heavy (non-hydrogen) atoms. The third-order valence-corrected chi connectivity index (χ3v) is 5.35. The van der Waals surface area contributed by atoms with Crippen molar-refractivity contribution in [2.24, 2.45) is 5.10 Å². The normalized spacial score (nSPS) is 14.2. The Morgan fingerprint density at radius 3 is 2.83 bits per heavy atom. The number of aryl methyl sites for hydroxylation is 2. The number of halogens is 1. The van der Waals surface area contributed by atoms with Crippen molar-refractivity contribution in [3.8, 4) is 5.75 Å². The van der Waals surface area contributed by atoms with E-state index in [1.807, 2.05) is 26.0 Å². The van der Waals surface area contributed by atoms with Crippen molar-refractivity contribution in [1.29, 1.82) is 0 Å². The maximum Gasteiger partial charge on any atom is 0.256 e. The SMILES string of the molecule is CN/N=C\C=C(/C)Oc1ccc2c(c1Cl)C(=O)N(Cc1c(C)cc(C)[nH]c1=O)CC2. The number of aromatic amines is 1. The lowest BCUT2D eigenvalue weighted by Crippen LogP contribution is -2.39. The predicted octanol–water partition coefficient (Wildman–Crippen LogP) is 3.33. The summed E-state index contributed by atoms with van der Waals surface area (Å²) < 4.78 is 5.80. The van der Waals surface area contributed by atoms with Crippen LogP contribution in [0.2, 0.25) is 5.02 Å². The number of nitrogens with one attached hydrogen (secondary N) is 2. The van der Waals surface area contributed by atoms with Gasteiger partial charge in [-0.2, -0.15) is 5.10 Å². The summed E-state index contributed by atoms with van der Waals surface area (Å²) in [4.78, 5) is 30.1. The fraction of sp³-hybridized carbons (Fsp3) is 0.318. The molecule has 1 aromatic heterocycles. The van der Waals surface area contributed by atoms with Crippen LogP contribution in [0.15, 0.2) is 39.9 Å². The van der Waals surface area contributed by atoms with Crippen molar-refractivity contribution in [3.63, 3.8) is 0 Å². The Bertz CT molecular complexity index is 1090. The summed E-state index contributed by atoms with van der Waals surface area (Å²) in [7, 11) is 1.70. The molecule has 2 aromatic rings. The van der Waals surface area contributed by atoms with Crippen molar-refractivity contribution >= 4 is 23.7 Å². The Labute approximate surface area is 180 Å². The van der Waals surface area contributed by atoms with E-state index < -0.39 is 0 Å². The number of aromatic nitrogens is 1. The number of carbonyl (C=O) groups is 1. The molecule has 3 rings (SSSR count). The molecule has 0 fully saturated rings. The molecule has 1 aliphatic heterocycles. The molecular formula is C22H25ClN4O3. The first kappa shape index (κ1) is 21.6. The zero-order valence-corrected chi connectivity index (χ0v) is 18.3. The number of hydrogen-bond acceptors (Lipinski definition) is 5. The number of pyridine rings is 1. The second-order valence-corrected chi connectivity index (χ2v) is 7.59. The van der Waals surface area contributed by atoms with E-state index in [4.69, 9.17) is 16.3 Å². The average Bonchev–Trinajstić information content (AvgIpc) is 2.68. The lowest BCUT2D eigenvalue weighted by molar-refractivity contribution is 0.0726. The van der Waals surface area contributed by atoms with Gasteiger partial charge in [0.1, 0.15) is 11.5 Å². The van der Waals surface area contributed by atoms with Gasteiger partial charge < -0.3 is 20.0 Å². The number of hydrazone groups is 1. The highest BCUT2D eigenvalue weighted by molar-refractivity contribution is 6.35. The monoisotopic (exact) mass is 428 g/mol. The maximum absolute atomic E-state index is 13.2. The van der Waals surface area contributed by atoms with E-state index in [0.717, 1.165) is 16.8 Å². The molecule has 7 nitrogen and oxygen atoms in total. The number of fused-ring (bicyclic) bond motifs is 1. The maximum atomic E-state index is 13.2. The summed E-state index contributed by atoms with van der Waals surface area (Å²) in [5.74, 6) is 0.781. The highest BCUT2D eigenvalue weighted by atomic mass is 35.5. The molecule has 0 bridgehead atoms. The van der Waals surface area contributed by atoms with E-state index in [2.05, 4.69) is 15.5 Å². The van der Waals surface area contributed by atoms with Gasteiger partial charge >= 0.3 is 0 Å². The van der Waals surface area contributed by atoms with Gasteiger partial charge in [0.05, 0.1) is 23.3 Å². The van der Waals surface area contributed by atoms with Crippen LogP contribution >= 0.6 is 11.6 Å². The standard InChI is InChI=1S/C22H25ClN4O3/c1-13-11-14(2)26-21(28)17(13)12-27-10-8-16-5-6-18(20(23)19(16)22(27)29)30-15(3)7-9-25-24-4/h5-7,9,11,24H,8,10,12H2,1-4H3,(H,26,28)/b15-7+,25-9-. The average molecular weight is 429 g/mol. The van der Waals surface area contributed by atoms with Crippen molar-refractivity contribution in [3.05, 3.63) is 73.4 Å². The van der Waals surface area contributed by atoms with Crippen molar-refractivity contribution < 1.29 is 9.53 Å². The van der Waals surface area contributed by atoms with Crippen LogP contribution in [0, 0.1) is 13.8 Å². The molecule has 0 aliphatic carbocycles. The lowest BCUT2D eigenvalue weighted by Gasteiger charge is -2.30. The van der Waals surface area contributed by atoms with Gasteiger partial charge in [-0.1, -0.05) is 17.7 Å². The zero-order valence-electron chi connectivity index (χ0n) is 17.5. The molecule has 1 amide bonds. The van der Waals surface area contributed by atoms with Crippen LogP contribution < -0.4 is 15.7 Å². The Balaban J connectivity index is 1.88. The van der Waals surface area contributed by atoms with Crippen LogP contribution in [0.25, 0.3) is 0 Å². The van der Waals surface area contributed by atoms with Gasteiger partial charge in [-0.15, -0.1) is 0 Å². The fourth-order valence-corrected chi connectivity index (χ4v) is 3.78. The quantitative estimate of drug-likeness (QED) is 0.419. The number of carbonyl (C=O) groups excluding carboxylic acids is 1. The van der Waals surface area contributed by atoms with E-state index in [1.165, 1.54) is 0 Å². The van der Waals surface area contributed by atoms with Crippen molar-refractivity contribution in [2.75, 3.05) is 13.6 Å². The Kier molecular flexibility index (Phi) is 6.62. The number of H-pyrrole nitrogens is 1. The summed E-state index contributed by atoms with van der Waals surface area (Å²) in [5, 5.41) is 4.15. The molecular weight excluding hydrogens is 404 g/mol.